The van der Waals surface area contributed by atoms with Crippen molar-refractivity contribution >= 4 is 34.5 Å². The zero-order valence-electron chi connectivity index (χ0n) is 36.2. The van der Waals surface area contributed by atoms with E-state index in [1.54, 1.807) is 53.4 Å². The summed E-state index contributed by atoms with van der Waals surface area (Å²) in [5, 5.41) is 20.0. The molecule has 11 nitrogen and oxygen atoms in total. The number of nitrogens with two attached hydrogens (primary N) is 1. The van der Waals surface area contributed by atoms with Gasteiger partial charge >= 0.3 is 0 Å². The van der Waals surface area contributed by atoms with Crippen molar-refractivity contribution in [3.63, 3.8) is 0 Å². The first-order chi connectivity index (χ1) is 27.1. The number of carbonyl (C=O) groups excluding carboxylic acids is 4. The van der Waals surface area contributed by atoms with Gasteiger partial charge in [0.05, 0.1) is 30.1 Å². The van der Waals surface area contributed by atoms with Crippen molar-refractivity contribution in [2.75, 3.05) is 13.1 Å². The second-order valence-electron chi connectivity index (χ2n) is 13.2. The summed E-state index contributed by atoms with van der Waals surface area (Å²) in [6.07, 6.45) is 1.53. The van der Waals surface area contributed by atoms with E-state index in [0.717, 1.165) is 31.1 Å². The van der Waals surface area contributed by atoms with Crippen LogP contribution in [0.4, 0.5) is 0 Å². The van der Waals surface area contributed by atoms with Crippen LogP contribution in [-0.4, -0.2) is 81.5 Å². The second kappa shape index (κ2) is 15.9. The lowest BCUT2D eigenvalue weighted by Gasteiger charge is -2.47. The van der Waals surface area contributed by atoms with Crippen LogP contribution in [0.1, 0.15) is 87.5 Å². The van der Waals surface area contributed by atoms with Gasteiger partial charge in [0.2, 0.25) is 17.7 Å². The number of rotatable bonds is 12. The fraction of sp³-hybridized carbons (Fsp3) is 0.500. The molecule has 1 aliphatic carbocycles. The zero-order chi connectivity index (χ0) is 42.6. The number of aromatic nitrogens is 1. The third kappa shape index (κ3) is 9.86. The Balaban J connectivity index is 1.43. The predicted octanol–water partition coefficient (Wildman–Crippen LogP) is 3.09. The van der Waals surface area contributed by atoms with Crippen LogP contribution < -0.4 is 21.7 Å². The van der Waals surface area contributed by atoms with E-state index in [1.807, 2.05) is 17.4 Å². The van der Waals surface area contributed by atoms with Crippen LogP contribution in [0.15, 0.2) is 66.7 Å². The van der Waals surface area contributed by atoms with Crippen molar-refractivity contribution in [3.05, 3.63) is 78.0 Å². The number of aliphatic hydroxyl groups excluding tert-OH is 1. The quantitative estimate of drug-likeness (QED) is 0.196. The van der Waals surface area contributed by atoms with Crippen molar-refractivity contribution in [2.45, 2.75) is 95.3 Å². The van der Waals surface area contributed by atoms with Gasteiger partial charge in [-0.25, -0.2) is 4.98 Å². The highest BCUT2D eigenvalue weighted by atomic mass is 16.3. The van der Waals surface area contributed by atoms with Gasteiger partial charge in [-0.05, 0) is 69.4 Å². The minimum Gasteiger partial charge on any atom is -0.390 e. The van der Waals surface area contributed by atoms with Gasteiger partial charge in [0, 0.05) is 36.4 Å². The minimum absolute atomic E-state index is 0.00402. The van der Waals surface area contributed by atoms with Crippen molar-refractivity contribution in [2.24, 2.45) is 17.6 Å². The zero-order valence-corrected chi connectivity index (χ0v) is 27.2. The molecule has 1 saturated heterocycles. The molecule has 0 unspecified atom stereocenters. The molecule has 2 heterocycles. The van der Waals surface area contributed by atoms with Crippen molar-refractivity contribution < 1.29 is 36.6 Å². The first kappa shape index (κ1) is 25.6. The lowest BCUT2D eigenvalue weighted by Crippen LogP contribution is -2.61. The number of nitrogens with one attached hydrogen (secondary N) is 3. The molecule has 1 aliphatic heterocycles. The smallest absolute Gasteiger partial charge is 0.270 e. The number of amides is 4. The standard InChI is InChI=1S/C38H50N6O5/c1-38(2,3)43-37(49)32-20-26-14-7-8-15-27(26)22-44(32)23-33(45)30(19-24-11-5-4-6-12-24)41-36(48)31(21-34(39)46)42-35(47)29-18-17-25-13-9-10-16-28(25)40-29/h4-6,9-13,16-18,26-27,30-33,45H,7-8,14-15,19-23H2,1-3H3,(H2,39,46)(H,41,48)(H,42,47)(H,43,49)/t26-,27+,30+,31+,32-,33+/m1/s1/i1D3,2D3,3D3. The molecule has 2 aromatic carbocycles. The Bertz CT molecular complexity index is 1910. The van der Waals surface area contributed by atoms with Crippen LogP contribution >= 0.6 is 0 Å². The molecule has 5 rings (SSSR count). The maximum Gasteiger partial charge on any atom is 0.270 e. The van der Waals surface area contributed by atoms with E-state index >= 15 is 0 Å². The summed E-state index contributed by atoms with van der Waals surface area (Å²) in [5.41, 5.74) is 3.11. The SMILES string of the molecule is [2H]C([2H])([2H])C(NC(=O)[C@H]1C[C@H]2CCCC[C@H]2CN1C[C@H](O)[C@H](Cc1ccccc1)NC(=O)[C@H](CC(N)=O)NC(=O)c1ccc2ccccc2n1)(C([2H])([2H])[2H])C([2H])([2H])[2H]. The molecule has 49 heavy (non-hydrogen) atoms. The molecule has 4 amide bonds. The van der Waals surface area contributed by atoms with Gasteiger partial charge in [0.25, 0.3) is 5.91 Å². The van der Waals surface area contributed by atoms with Crippen LogP contribution in [0.5, 0.6) is 0 Å². The molecule has 0 radical (unpaired) electrons. The molecule has 1 saturated carbocycles. The van der Waals surface area contributed by atoms with Gasteiger partial charge in [-0.3, -0.25) is 24.1 Å². The Morgan fingerprint density at radius 3 is 2.43 bits per heavy atom. The molecule has 0 spiro atoms. The van der Waals surface area contributed by atoms with Crippen molar-refractivity contribution in [1.29, 1.82) is 0 Å². The average Bonchev–Trinajstić information content (AvgIpc) is 3.14. The normalized spacial score (nSPS) is 25.0. The van der Waals surface area contributed by atoms with E-state index < -0.39 is 80.4 Å². The first-order valence-corrected chi connectivity index (χ1v) is 16.6. The molecule has 2 aliphatic rings. The molecule has 262 valence electrons. The van der Waals surface area contributed by atoms with E-state index in [4.69, 9.17) is 18.1 Å². The summed E-state index contributed by atoms with van der Waals surface area (Å²) in [6.45, 7) is -11.0. The van der Waals surface area contributed by atoms with E-state index in [1.165, 1.54) is 6.07 Å². The molecular formula is C38H50N6O5. The number of primary amides is 1. The van der Waals surface area contributed by atoms with Gasteiger partial charge in [-0.15, -0.1) is 0 Å². The fourth-order valence-electron chi connectivity index (χ4n) is 7.08. The Morgan fingerprint density at radius 2 is 1.69 bits per heavy atom. The topological polar surface area (TPSA) is 167 Å². The Hall–Kier alpha value is -4.35. The summed E-state index contributed by atoms with van der Waals surface area (Å²) in [7, 11) is 0. The monoisotopic (exact) mass is 679 g/mol. The van der Waals surface area contributed by atoms with Gasteiger partial charge in [0.1, 0.15) is 11.7 Å². The number of nitrogens with zero attached hydrogens (tertiary/aromatic N) is 2. The van der Waals surface area contributed by atoms with Gasteiger partial charge in [0.15, 0.2) is 0 Å². The molecule has 2 fully saturated rings. The lowest BCUT2D eigenvalue weighted by atomic mass is 9.72. The lowest BCUT2D eigenvalue weighted by molar-refractivity contribution is -0.133. The van der Waals surface area contributed by atoms with Crippen molar-refractivity contribution in [1.82, 2.24) is 25.8 Å². The number of fused-ring (bicyclic) bond motifs is 2. The summed E-state index contributed by atoms with van der Waals surface area (Å²) in [4.78, 5) is 59.6. The highest BCUT2D eigenvalue weighted by Gasteiger charge is 2.42. The largest absolute Gasteiger partial charge is 0.390 e. The number of hydrogen-bond acceptors (Lipinski definition) is 7. The molecule has 0 bridgehead atoms. The highest BCUT2D eigenvalue weighted by Crippen LogP contribution is 2.39. The fourth-order valence-corrected chi connectivity index (χ4v) is 7.08. The summed E-state index contributed by atoms with van der Waals surface area (Å²) in [5.74, 6) is -3.53. The van der Waals surface area contributed by atoms with E-state index in [9.17, 15) is 24.3 Å². The van der Waals surface area contributed by atoms with Gasteiger partial charge in [-0.1, -0.05) is 73.9 Å². The second-order valence-corrected chi connectivity index (χ2v) is 13.2. The molecular weight excluding hydrogens is 620 g/mol. The van der Waals surface area contributed by atoms with Crippen LogP contribution in [0.3, 0.4) is 0 Å². The number of likely N-dealkylation sites (tertiary alicyclic amines) is 1. The number of para-hydroxylation sites is 1. The number of benzene rings is 2. The number of piperidine rings is 1. The van der Waals surface area contributed by atoms with Gasteiger partial charge in [-0.2, -0.15) is 0 Å². The van der Waals surface area contributed by atoms with Crippen LogP contribution in [0, 0.1) is 11.8 Å². The highest BCUT2D eigenvalue weighted by molar-refractivity contribution is 5.99. The van der Waals surface area contributed by atoms with E-state index in [2.05, 4.69) is 15.6 Å². The van der Waals surface area contributed by atoms with Gasteiger partial charge < -0.3 is 26.8 Å². The molecule has 3 aromatic rings. The number of β-amino-alcohol motifs (C(OH)–C–C–N with tert-alkyl or cyclic N) is 1. The molecule has 6 N–H and O–H groups in total. The summed E-state index contributed by atoms with van der Waals surface area (Å²) < 4.78 is 72.4. The molecule has 1 aromatic heterocycles. The minimum atomic E-state index is -3.67. The predicted molar refractivity (Wildman–Crippen MR) is 188 cm³/mol. The average molecular weight is 680 g/mol. The number of carbonyl (C=O) groups is 4. The first-order valence-electron chi connectivity index (χ1n) is 21.1. The molecule has 6 atom stereocenters. The van der Waals surface area contributed by atoms with E-state index in [0.29, 0.717) is 11.1 Å². The van der Waals surface area contributed by atoms with Crippen LogP contribution in [0.2, 0.25) is 0 Å². The third-order valence-electron chi connectivity index (χ3n) is 9.49. The molecule has 11 heteroatoms. The number of aliphatic hydroxyl groups is 1. The summed E-state index contributed by atoms with van der Waals surface area (Å²) >= 11 is 0. The Labute approximate surface area is 301 Å². The van der Waals surface area contributed by atoms with Crippen LogP contribution in [-0.2, 0) is 20.8 Å². The maximum atomic E-state index is 14.2. The Morgan fingerprint density at radius 1 is 0.980 bits per heavy atom. The Kier molecular flexibility index (Phi) is 8.31. The third-order valence-corrected chi connectivity index (χ3v) is 9.49. The number of pyridine rings is 1. The van der Waals surface area contributed by atoms with Crippen molar-refractivity contribution in [3.8, 4) is 0 Å². The maximum absolute atomic E-state index is 14.2. The van der Waals surface area contributed by atoms with Crippen LogP contribution in [0.25, 0.3) is 10.9 Å². The number of hydrogen-bond donors (Lipinski definition) is 5. The summed E-state index contributed by atoms with van der Waals surface area (Å²) in [6, 6.07) is 15.3. The van der Waals surface area contributed by atoms with E-state index in [-0.39, 0.29) is 43.5 Å².